The summed E-state index contributed by atoms with van der Waals surface area (Å²) in [4.78, 5) is -0.395. The molecule has 102 valence electrons. The Balaban J connectivity index is 3.02. The molecule has 0 heterocycles. The summed E-state index contributed by atoms with van der Waals surface area (Å²) < 4.78 is 40.4. The standard InChI is InChI=1S/C11H15BrFNO3S/c1-2-9(5-6-15)14-18(16,17)11-7-8(12)3-4-10(11)13/h3-4,7,9,14-15H,2,5-6H2,1H3. The number of hydrogen-bond donors (Lipinski definition) is 2. The highest BCUT2D eigenvalue weighted by atomic mass is 79.9. The van der Waals surface area contributed by atoms with Gasteiger partial charge in [-0.1, -0.05) is 22.9 Å². The van der Waals surface area contributed by atoms with Gasteiger partial charge >= 0.3 is 0 Å². The summed E-state index contributed by atoms with van der Waals surface area (Å²) in [6.07, 6.45) is 0.820. The predicted octanol–water partition coefficient (Wildman–Crippen LogP) is 2.03. The van der Waals surface area contributed by atoms with Crippen LogP contribution < -0.4 is 4.72 Å². The van der Waals surface area contributed by atoms with Gasteiger partial charge in [-0.05, 0) is 31.0 Å². The van der Waals surface area contributed by atoms with Crippen molar-refractivity contribution in [1.29, 1.82) is 0 Å². The maximum absolute atomic E-state index is 13.5. The van der Waals surface area contributed by atoms with Gasteiger partial charge in [0.25, 0.3) is 0 Å². The lowest BCUT2D eigenvalue weighted by Gasteiger charge is -2.16. The molecule has 0 spiro atoms. The fourth-order valence-electron chi connectivity index (χ4n) is 1.47. The van der Waals surface area contributed by atoms with Gasteiger partial charge in [0.1, 0.15) is 10.7 Å². The third-order valence-corrected chi connectivity index (χ3v) is 4.50. The van der Waals surface area contributed by atoms with Crippen LogP contribution in [-0.2, 0) is 10.0 Å². The molecule has 0 saturated heterocycles. The predicted molar refractivity (Wildman–Crippen MR) is 70.2 cm³/mol. The molecule has 1 atom stereocenters. The molecule has 0 saturated carbocycles. The third-order valence-electron chi connectivity index (χ3n) is 2.47. The quantitative estimate of drug-likeness (QED) is 0.833. The SMILES string of the molecule is CCC(CCO)NS(=O)(=O)c1cc(Br)ccc1F. The van der Waals surface area contributed by atoms with E-state index < -0.39 is 26.8 Å². The van der Waals surface area contributed by atoms with E-state index in [1.54, 1.807) is 6.92 Å². The molecule has 18 heavy (non-hydrogen) atoms. The highest BCUT2D eigenvalue weighted by Gasteiger charge is 2.22. The topological polar surface area (TPSA) is 66.4 Å². The van der Waals surface area contributed by atoms with Crippen LogP contribution in [0.25, 0.3) is 0 Å². The number of sulfonamides is 1. The first kappa shape index (κ1) is 15.6. The zero-order valence-corrected chi connectivity index (χ0v) is 12.3. The maximum Gasteiger partial charge on any atom is 0.243 e. The van der Waals surface area contributed by atoms with Gasteiger partial charge in [-0.2, -0.15) is 0 Å². The highest BCUT2D eigenvalue weighted by molar-refractivity contribution is 9.10. The summed E-state index contributed by atoms with van der Waals surface area (Å²) in [7, 11) is -3.91. The lowest BCUT2D eigenvalue weighted by Crippen LogP contribution is -2.35. The summed E-state index contributed by atoms with van der Waals surface area (Å²) in [5.41, 5.74) is 0. The first-order valence-corrected chi connectivity index (χ1v) is 7.76. The molecule has 1 unspecified atom stereocenters. The second-order valence-electron chi connectivity index (χ2n) is 3.81. The zero-order chi connectivity index (χ0) is 13.8. The average Bonchev–Trinajstić information content (AvgIpc) is 2.31. The minimum absolute atomic E-state index is 0.123. The van der Waals surface area contributed by atoms with Crippen molar-refractivity contribution in [2.75, 3.05) is 6.61 Å². The minimum atomic E-state index is -3.91. The number of halogens is 2. The smallest absolute Gasteiger partial charge is 0.243 e. The molecule has 7 heteroatoms. The third kappa shape index (κ3) is 4.01. The van der Waals surface area contributed by atoms with E-state index in [0.29, 0.717) is 17.3 Å². The van der Waals surface area contributed by atoms with Crippen LogP contribution in [-0.4, -0.2) is 26.2 Å². The Morgan fingerprint density at radius 3 is 2.72 bits per heavy atom. The van der Waals surface area contributed by atoms with Crippen LogP contribution in [0.5, 0.6) is 0 Å². The lowest BCUT2D eigenvalue weighted by atomic mass is 10.2. The van der Waals surface area contributed by atoms with Crippen LogP contribution >= 0.6 is 15.9 Å². The van der Waals surface area contributed by atoms with Gasteiger partial charge in [-0.15, -0.1) is 0 Å². The summed E-state index contributed by atoms with van der Waals surface area (Å²) in [5, 5.41) is 8.82. The average molecular weight is 340 g/mol. The Kier molecular flexibility index (Phi) is 5.71. The van der Waals surface area contributed by atoms with Crippen LogP contribution in [0.2, 0.25) is 0 Å². The van der Waals surface area contributed by atoms with Gasteiger partial charge in [-0.3, -0.25) is 0 Å². The van der Waals surface area contributed by atoms with Crippen molar-refractivity contribution in [2.45, 2.75) is 30.7 Å². The van der Waals surface area contributed by atoms with E-state index in [1.165, 1.54) is 12.1 Å². The zero-order valence-electron chi connectivity index (χ0n) is 9.86. The monoisotopic (exact) mass is 339 g/mol. The summed E-state index contributed by atoms with van der Waals surface area (Å²) in [6.45, 7) is 1.67. The lowest BCUT2D eigenvalue weighted by molar-refractivity contribution is 0.270. The van der Waals surface area contributed by atoms with E-state index in [1.807, 2.05) is 0 Å². The molecular weight excluding hydrogens is 325 g/mol. The molecule has 1 aromatic carbocycles. The fourth-order valence-corrected chi connectivity index (χ4v) is 3.44. The van der Waals surface area contributed by atoms with Gasteiger partial charge < -0.3 is 5.11 Å². The molecule has 0 aliphatic rings. The van der Waals surface area contributed by atoms with Gasteiger partial charge in [0.15, 0.2) is 0 Å². The molecule has 0 aliphatic heterocycles. The Bertz CT molecular complexity index is 507. The van der Waals surface area contributed by atoms with Crippen LogP contribution in [0.1, 0.15) is 19.8 Å². The van der Waals surface area contributed by atoms with Crippen molar-refractivity contribution in [3.05, 3.63) is 28.5 Å². The number of hydrogen-bond acceptors (Lipinski definition) is 3. The molecule has 0 fully saturated rings. The van der Waals surface area contributed by atoms with Gasteiger partial charge in [0.2, 0.25) is 10.0 Å². The van der Waals surface area contributed by atoms with Crippen molar-refractivity contribution in [3.8, 4) is 0 Å². The van der Waals surface area contributed by atoms with E-state index in [2.05, 4.69) is 20.7 Å². The second-order valence-corrected chi connectivity index (χ2v) is 6.41. The van der Waals surface area contributed by atoms with Gasteiger partial charge in [0, 0.05) is 17.1 Å². The second kappa shape index (κ2) is 6.60. The normalized spacial score (nSPS) is 13.6. The number of nitrogens with one attached hydrogen (secondary N) is 1. The van der Waals surface area contributed by atoms with Crippen molar-refractivity contribution >= 4 is 26.0 Å². The first-order chi connectivity index (χ1) is 8.40. The largest absolute Gasteiger partial charge is 0.396 e. The molecule has 0 aliphatic carbocycles. The van der Waals surface area contributed by atoms with Crippen LogP contribution in [0, 0.1) is 5.82 Å². The summed E-state index contributed by atoms with van der Waals surface area (Å²) >= 11 is 3.10. The van der Waals surface area contributed by atoms with Crippen molar-refractivity contribution < 1.29 is 17.9 Å². The van der Waals surface area contributed by atoms with Crippen LogP contribution in [0.3, 0.4) is 0 Å². The Labute approximate surface area is 114 Å². The molecule has 1 rings (SSSR count). The molecule has 0 radical (unpaired) electrons. The van der Waals surface area contributed by atoms with E-state index >= 15 is 0 Å². The number of aliphatic hydroxyl groups excluding tert-OH is 1. The van der Waals surface area contributed by atoms with Crippen molar-refractivity contribution in [3.63, 3.8) is 0 Å². The summed E-state index contributed by atoms with van der Waals surface area (Å²) in [5.74, 6) is -0.801. The van der Waals surface area contributed by atoms with E-state index in [4.69, 9.17) is 5.11 Å². The molecule has 2 N–H and O–H groups in total. The molecular formula is C11H15BrFNO3S. The number of benzene rings is 1. The number of rotatable bonds is 6. The van der Waals surface area contributed by atoms with E-state index in [-0.39, 0.29) is 6.61 Å². The molecule has 0 amide bonds. The Morgan fingerprint density at radius 2 is 2.17 bits per heavy atom. The molecule has 0 aromatic heterocycles. The highest BCUT2D eigenvalue weighted by Crippen LogP contribution is 2.20. The molecule has 0 bridgehead atoms. The maximum atomic E-state index is 13.5. The van der Waals surface area contributed by atoms with Crippen molar-refractivity contribution in [1.82, 2.24) is 4.72 Å². The Hall–Kier alpha value is -0.500. The minimum Gasteiger partial charge on any atom is -0.396 e. The Morgan fingerprint density at radius 1 is 1.50 bits per heavy atom. The summed E-state index contributed by atoms with van der Waals surface area (Å²) in [6, 6.07) is 3.33. The first-order valence-electron chi connectivity index (χ1n) is 5.49. The fraction of sp³-hybridized carbons (Fsp3) is 0.455. The van der Waals surface area contributed by atoms with E-state index in [9.17, 15) is 12.8 Å². The van der Waals surface area contributed by atoms with Gasteiger partial charge in [-0.25, -0.2) is 17.5 Å². The van der Waals surface area contributed by atoms with Crippen LogP contribution in [0.15, 0.2) is 27.6 Å². The molecule has 4 nitrogen and oxygen atoms in total. The number of aliphatic hydroxyl groups is 1. The van der Waals surface area contributed by atoms with E-state index in [0.717, 1.165) is 6.07 Å². The van der Waals surface area contributed by atoms with Crippen molar-refractivity contribution in [2.24, 2.45) is 0 Å². The molecule has 1 aromatic rings. The van der Waals surface area contributed by atoms with Gasteiger partial charge in [0.05, 0.1) is 0 Å². The van der Waals surface area contributed by atoms with Crippen LogP contribution in [0.4, 0.5) is 4.39 Å².